The highest BCUT2D eigenvalue weighted by Gasteiger charge is 2.12. The van der Waals surface area contributed by atoms with Crippen molar-refractivity contribution in [3.8, 4) is 0 Å². The van der Waals surface area contributed by atoms with Gasteiger partial charge in [-0.3, -0.25) is 0 Å². The molecule has 1 N–H and O–H groups in total. The molecule has 0 heterocycles. The predicted octanol–water partition coefficient (Wildman–Crippen LogP) is 3.86. The van der Waals surface area contributed by atoms with Gasteiger partial charge in [0.05, 0.1) is 0 Å². The monoisotopic (exact) mass is 327 g/mol. The predicted molar refractivity (Wildman–Crippen MR) is 97.4 cm³/mol. The van der Waals surface area contributed by atoms with E-state index in [0.29, 0.717) is 5.92 Å². The molecule has 0 bridgehead atoms. The minimum Gasteiger partial charge on any atom is -0.347 e. The van der Waals surface area contributed by atoms with Gasteiger partial charge in [-0.2, -0.15) is 0 Å². The Morgan fingerprint density at radius 3 is 2.48 bits per heavy atom. The number of halogens is 1. The highest BCUT2D eigenvalue weighted by atomic mass is 35.5. The minimum absolute atomic E-state index is 0.563. The molecule has 21 heavy (non-hydrogen) atoms. The highest BCUT2D eigenvalue weighted by molar-refractivity contribution is 7.80. The summed E-state index contributed by atoms with van der Waals surface area (Å²) in [6.45, 7) is 9.23. The Hall–Kier alpha value is -0.840. The van der Waals surface area contributed by atoms with Crippen molar-refractivity contribution >= 4 is 34.6 Å². The molecule has 1 rings (SSSR count). The van der Waals surface area contributed by atoms with Gasteiger partial charge in [0.1, 0.15) is 0 Å². The molecule has 5 heteroatoms. The normalized spacial score (nSPS) is 11.0. The van der Waals surface area contributed by atoms with Crippen LogP contribution in [0.4, 0.5) is 5.69 Å². The third kappa shape index (κ3) is 6.64. The van der Waals surface area contributed by atoms with Crippen LogP contribution in [0.2, 0.25) is 5.02 Å². The van der Waals surface area contributed by atoms with Gasteiger partial charge >= 0.3 is 0 Å². The maximum Gasteiger partial charge on any atom is 0.173 e. The first-order valence-corrected chi connectivity index (χ1v) is 8.05. The summed E-state index contributed by atoms with van der Waals surface area (Å²) in [5.74, 6) is 0.563. The van der Waals surface area contributed by atoms with Gasteiger partial charge in [-0.25, -0.2) is 0 Å². The van der Waals surface area contributed by atoms with Crippen molar-refractivity contribution in [3.63, 3.8) is 0 Å². The number of hydrogen-bond donors (Lipinski definition) is 1. The van der Waals surface area contributed by atoms with Gasteiger partial charge in [0.2, 0.25) is 0 Å². The van der Waals surface area contributed by atoms with E-state index in [2.05, 4.69) is 43.1 Å². The third-order valence-electron chi connectivity index (χ3n) is 3.11. The van der Waals surface area contributed by atoms with Crippen molar-refractivity contribution in [3.05, 3.63) is 28.8 Å². The maximum absolute atomic E-state index is 6.16. The lowest BCUT2D eigenvalue weighted by Gasteiger charge is -2.29. The Kier molecular flexibility index (Phi) is 7.43. The number of nitrogens with zero attached hydrogens (tertiary/aromatic N) is 2. The first-order chi connectivity index (χ1) is 9.79. The van der Waals surface area contributed by atoms with E-state index in [1.54, 1.807) is 0 Å². The molecule has 0 aliphatic heterocycles. The molecule has 0 unspecified atom stereocenters. The fourth-order valence-electron chi connectivity index (χ4n) is 1.91. The van der Waals surface area contributed by atoms with Crippen LogP contribution in [0.1, 0.15) is 19.4 Å². The van der Waals surface area contributed by atoms with Crippen molar-refractivity contribution in [1.29, 1.82) is 0 Å². The number of anilines is 1. The molecule has 3 nitrogen and oxygen atoms in total. The largest absolute Gasteiger partial charge is 0.347 e. The molecule has 1 aromatic carbocycles. The molecule has 0 aromatic heterocycles. The first-order valence-electron chi connectivity index (χ1n) is 7.26. The zero-order valence-electron chi connectivity index (χ0n) is 13.6. The van der Waals surface area contributed by atoms with Gasteiger partial charge in [0.15, 0.2) is 5.11 Å². The van der Waals surface area contributed by atoms with Crippen LogP contribution in [-0.4, -0.2) is 48.6 Å². The zero-order valence-corrected chi connectivity index (χ0v) is 15.2. The van der Waals surface area contributed by atoms with Gasteiger partial charge in [-0.05, 0) is 56.9 Å². The van der Waals surface area contributed by atoms with E-state index < -0.39 is 0 Å². The van der Waals surface area contributed by atoms with Gasteiger partial charge in [-0.15, -0.1) is 0 Å². The average molecular weight is 328 g/mol. The lowest BCUT2D eigenvalue weighted by Crippen LogP contribution is -2.41. The summed E-state index contributed by atoms with van der Waals surface area (Å²) in [6, 6.07) is 5.93. The number of benzene rings is 1. The number of likely N-dealkylation sites (N-methyl/N-ethyl adjacent to an activating group) is 1. The Labute approximate surface area is 139 Å². The molecule has 1 aromatic rings. The van der Waals surface area contributed by atoms with E-state index in [4.69, 9.17) is 23.8 Å². The molecule has 0 spiro atoms. The number of rotatable bonds is 6. The summed E-state index contributed by atoms with van der Waals surface area (Å²) in [5.41, 5.74) is 2.01. The summed E-state index contributed by atoms with van der Waals surface area (Å²) < 4.78 is 0. The second-order valence-electron chi connectivity index (χ2n) is 6.04. The lowest BCUT2D eigenvalue weighted by atomic mass is 10.2. The van der Waals surface area contributed by atoms with Crippen LogP contribution in [0.5, 0.6) is 0 Å². The molecule has 0 radical (unpaired) electrons. The molecule has 118 valence electrons. The van der Waals surface area contributed by atoms with Crippen LogP contribution >= 0.6 is 23.8 Å². The molecule has 0 aliphatic carbocycles. The lowest BCUT2D eigenvalue weighted by molar-refractivity contribution is 0.310. The quantitative estimate of drug-likeness (QED) is 0.799. The molecular formula is C16H26ClN3S. The highest BCUT2D eigenvalue weighted by Crippen LogP contribution is 2.20. The third-order valence-corrected chi connectivity index (χ3v) is 3.88. The van der Waals surface area contributed by atoms with Crippen molar-refractivity contribution in [2.45, 2.75) is 20.8 Å². The van der Waals surface area contributed by atoms with Crippen LogP contribution in [0.25, 0.3) is 0 Å². The Balaban J connectivity index is 2.72. The van der Waals surface area contributed by atoms with Crippen LogP contribution in [0.15, 0.2) is 18.2 Å². The SMILES string of the molecule is Cc1ccc(NC(=S)N(CCN(C)C)CC(C)C)cc1Cl. The van der Waals surface area contributed by atoms with E-state index >= 15 is 0 Å². The van der Waals surface area contributed by atoms with Crippen molar-refractivity contribution in [1.82, 2.24) is 9.80 Å². The van der Waals surface area contributed by atoms with Crippen molar-refractivity contribution in [2.75, 3.05) is 39.0 Å². The summed E-state index contributed by atoms with van der Waals surface area (Å²) in [4.78, 5) is 4.38. The average Bonchev–Trinajstić information content (AvgIpc) is 2.38. The summed E-state index contributed by atoms with van der Waals surface area (Å²) in [6.07, 6.45) is 0. The van der Waals surface area contributed by atoms with E-state index in [1.165, 1.54) is 0 Å². The molecule has 0 saturated heterocycles. The van der Waals surface area contributed by atoms with E-state index in [-0.39, 0.29) is 0 Å². The Bertz CT molecular complexity index is 475. The summed E-state index contributed by atoms with van der Waals surface area (Å²) in [7, 11) is 4.15. The van der Waals surface area contributed by atoms with Gasteiger partial charge in [0, 0.05) is 30.3 Å². The zero-order chi connectivity index (χ0) is 16.0. The first kappa shape index (κ1) is 18.2. The van der Waals surface area contributed by atoms with E-state index in [1.807, 2.05) is 25.1 Å². The fourth-order valence-corrected chi connectivity index (χ4v) is 2.37. The van der Waals surface area contributed by atoms with Gasteiger partial charge < -0.3 is 15.1 Å². The number of thiocarbonyl (C=S) groups is 1. The van der Waals surface area contributed by atoms with Gasteiger partial charge in [-0.1, -0.05) is 31.5 Å². The summed E-state index contributed by atoms with van der Waals surface area (Å²) in [5, 5.41) is 4.80. The Morgan fingerprint density at radius 2 is 1.95 bits per heavy atom. The smallest absolute Gasteiger partial charge is 0.173 e. The molecule has 0 atom stereocenters. The number of nitrogens with one attached hydrogen (secondary N) is 1. The molecular weight excluding hydrogens is 302 g/mol. The van der Waals surface area contributed by atoms with Gasteiger partial charge in [0.25, 0.3) is 0 Å². The van der Waals surface area contributed by atoms with Crippen LogP contribution in [-0.2, 0) is 0 Å². The fraction of sp³-hybridized carbons (Fsp3) is 0.562. The molecule has 0 aliphatic rings. The topological polar surface area (TPSA) is 18.5 Å². The second kappa shape index (κ2) is 8.57. The maximum atomic E-state index is 6.16. The summed E-state index contributed by atoms with van der Waals surface area (Å²) >= 11 is 11.7. The Morgan fingerprint density at radius 1 is 1.29 bits per heavy atom. The minimum atomic E-state index is 0.563. The van der Waals surface area contributed by atoms with E-state index in [9.17, 15) is 0 Å². The van der Waals surface area contributed by atoms with Crippen molar-refractivity contribution in [2.24, 2.45) is 5.92 Å². The van der Waals surface area contributed by atoms with Crippen LogP contribution < -0.4 is 5.32 Å². The molecule has 0 fully saturated rings. The van der Waals surface area contributed by atoms with E-state index in [0.717, 1.165) is 41.0 Å². The molecule has 0 saturated carbocycles. The van der Waals surface area contributed by atoms with Crippen LogP contribution in [0, 0.1) is 12.8 Å². The second-order valence-corrected chi connectivity index (χ2v) is 6.83. The molecule has 0 amide bonds. The standard InChI is InChI=1S/C16H26ClN3S/c1-12(2)11-20(9-8-19(4)5)16(21)18-14-7-6-13(3)15(17)10-14/h6-7,10,12H,8-9,11H2,1-5H3,(H,18,21). The number of aryl methyl sites for hydroxylation is 1. The van der Waals surface area contributed by atoms with Crippen LogP contribution in [0.3, 0.4) is 0 Å². The van der Waals surface area contributed by atoms with Crippen molar-refractivity contribution < 1.29 is 0 Å². The number of hydrogen-bond acceptors (Lipinski definition) is 2.